The molecule has 1 aliphatic heterocycles. The lowest BCUT2D eigenvalue weighted by Gasteiger charge is -2.30. The van der Waals surface area contributed by atoms with Gasteiger partial charge in [0.1, 0.15) is 4.21 Å². The van der Waals surface area contributed by atoms with E-state index in [-0.39, 0.29) is 18.4 Å². The third kappa shape index (κ3) is 3.20. The first kappa shape index (κ1) is 14.9. The highest BCUT2D eigenvalue weighted by Crippen LogP contribution is 2.24. The summed E-state index contributed by atoms with van der Waals surface area (Å²) in [7, 11) is -3.26. The number of nitrogens with one attached hydrogen (secondary N) is 1. The Balaban J connectivity index is 0.00000144. The summed E-state index contributed by atoms with van der Waals surface area (Å²) in [6.07, 6.45) is 0. The molecule has 1 aromatic heterocycles. The number of piperazine rings is 1. The molecule has 1 aromatic rings. The molecule has 0 unspecified atom stereocenters. The van der Waals surface area contributed by atoms with Crippen molar-refractivity contribution in [1.29, 1.82) is 0 Å². The van der Waals surface area contributed by atoms with Crippen molar-refractivity contribution >= 4 is 33.8 Å². The predicted octanol–water partition coefficient (Wildman–Crippen LogP) is 1.46. The largest absolute Gasteiger partial charge is 0.312 e. The van der Waals surface area contributed by atoms with E-state index in [0.29, 0.717) is 17.3 Å². The number of hydrogen-bond acceptors (Lipinski definition) is 4. The van der Waals surface area contributed by atoms with Gasteiger partial charge in [0.2, 0.25) is 0 Å². The predicted molar refractivity (Wildman–Crippen MR) is 72.5 cm³/mol. The van der Waals surface area contributed by atoms with Crippen LogP contribution in [0.5, 0.6) is 0 Å². The molecule has 1 fully saturated rings. The number of sulfonamides is 1. The lowest BCUT2D eigenvalue weighted by atomic mass is 10.3. The Morgan fingerprint density at radius 3 is 2.71 bits per heavy atom. The van der Waals surface area contributed by atoms with Crippen LogP contribution in [0.4, 0.5) is 0 Å². The van der Waals surface area contributed by atoms with E-state index >= 15 is 0 Å². The van der Waals surface area contributed by atoms with Crippen LogP contribution >= 0.6 is 23.7 Å². The number of thiophene rings is 1. The molecule has 98 valence electrons. The first-order valence-corrected chi connectivity index (χ1v) is 7.56. The van der Waals surface area contributed by atoms with Gasteiger partial charge in [0.25, 0.3) is 10.0 Å². The maximum Gasteiger partial charge on any atom is 0.252 e. The maximum absolute atomic E-state index is 12.3. The summed E-state index contributed by atoms with van der Waals surface area (Å²) in [6.45, 7) is 5.76. The van der Waals surface area contributed by atoms with E-state index in [0.717, 1.165) is 11.4 Å². The molecule has 1 saturated heterocycles. The van der Waals surface area contributed by atoms with Crippen molar-refractivity contribution in [3.63, 3.8) is 0 Å². The number of rotatable bonds is 2. The van der Waals surface area contributed by atoms with Gasteiger partial charge >= 0.3 is 0 Å². The Kier molecular flexibility index (Phi) is 4.97. The molecule has 1 atom stereocenters. The van der Waals surface area contributed by atoms with Crippen molar-refractivity contribution in [2.75, 3.05) is 19.6 Å². The summed E-state index contributed by atoms with van der Waals surface area (Å²) < 4.78 is 26.5. The highest BCUT2D eigenvalue weighted by atomic mass is 35.5. The highest BCUT2D eigenvalue weighted by molar-refractivity contribution is 7.91. The highest BCUT2D eigenvalue weighted by Gasteiger charge is 2.29. The van der Waals surface area contributed by atoms with Gasteiger partial charge in [-0.3, -0.25) is 0 Å². The zero-order chi connectivity index (χ0) is 11.8. The fraction of sp³-hybridized carbons (Fsp3) is 0.600. The standard InChI is InChI=1S/C10H16N2O2S2.ClH/c1-8-7-12(6-5-11-8)16(13,14)10-4-3-9(2)15-10;/h3-4,8,11H,5-7H2,1-2H3;1H/t8-;/m0./s1. The molecule has 0 aliphatic carbocycles. The molecule has 17 heavy (non-hydrogen) atoms. The Bertz CT molecular complexity index is 472. The molecule has 0 aromatic carbocycles. The van der Waals surface area contributed by atoms with Gasteiger partial charge in [-0.1, -0.05) is 0 Å². The van der Waals surface area contributed by atoms with E-state index in [9.17, 15) is 8.42 Å². The van der Waals surface area contributed by atoms with Crippen molar-refractivity contribution in [3.05, 3.63) is 17.0 Å². The number of halogens is 1. The van der Waals surface area contributed by atoms with Gasteiger partial charge in [0, 0.05) is 30.6 Å². The maximum atomic E-state index is 12.3. The molecule has 0 saturated carbocycles. The second-order valence-corrected chi connectivity index (χ2v) is 7.54. The topological polar surface area (TPSA) is 49.4 Å². The van der Waals surface area contributed by atoms with E-state index < -0.39 is 10.0 Å². The van der Waals surface area contributed by atoms with Gasteiger partial charge in [0.05, 0.1) is 0 Å². The molecule has 1 aliphatic rings. The lowest BCUT2D eigenvalue weighted by molar-refractivity contribution is 0.311. The lowest BCUT2D eigenvalue weighted by Crippen LogP contribution is -2.51. The number of nitrogens with zero attached hydrogens (tertiary/aromatic N) is 1. The Morgan fingerprint density at radius 2 is 2.18 bits per heavy atom. The Labute approximate surface area is 112 Å². The summed E-state index contributed by atoms with van der Waals surface area (Å²) in [5.41, 5.74) is 0. The zero-order valence-electron chi connectivity index (χ0n) is 9.84. The van der Waals surface area contributed by atoms with Crippen molar-refractivity contribution in [2.45, 2.75) is 24.1 Å². The van der Waals surface area contributed by atoms with E-state index in [1.807, 2.05) is 19.9 Å². The fourth-order valence-electron chi connectivity index (χ4n) is 1.79. The summed E-state index contributed by atoms with van der Waals surface area (Å²) in [5, 5.41) is 3.24. The van der Waals surface area contributed by atoms with Gasteiger partial charge in [0.15, 0.2) is 0 Å². The molecule has 0 bridgehead atoms. The molecule has 2 heterocycles. The van der Waals surface area contributed by atoms with E-state index in [4.69, 9.17) is 0 Å². The molecule has 1 N–H and O–H groups in total. The summed E-state index contributed by atoms with van der Waals surface area (Å²) in [4.78, 5) is 1.03. The number of aryl methyl sites for hydroxylation is 1. The molecular formula is C10H17ClN2O2S2. The van der Waals surface area contributed by atoms with Crippen LogP contribution in [0, 0.1) is 6.92 Å². The van der Waals surface area contributed by atoms with Crippen LogP contribution < -0.4 is 5.32 Å². The first-order valence-electron chi connectivity index (χ1n) is 5.30. The van der Waals surface area contributed by atoms with Gasteiger partial charge < -0.3 is 5.32 Å². The van der Waals surface area contributed by atoms with Crippen LogP contribution in [0.15, 0.2) is 16.3 Å². The second kappa shape index (κ2) is 5.67. The van der Waals surface area contributed by atoms with Crippen LogP contribution in [0.25, 0.3) is 0 Å². The smallest absolute Gasteiger partial charge is 0.252 e. The minimum absolute atomic E-state index is 0. The van der Waals surface area contributed by atoms with E-state index in [1.165, 1.54) is 11.3 Å². The summed E-state index contributed by atoms with van der Waals surface area (Å²) >= 11 is 1.34. The third-order valence-electron chi connectivity index (χ3n) is 2.64. The Morgan fingerprint density at radius 1 is 1.47 bits per heavy atom. The van der Waals surface area contributed by atoms with Crippen LogP contribution in [-0.2, 0) is 10.0 Å². The normalized spacial score (nSPS) is 22.1. The molecule has 4 nitrogen and oxygen atoms in total. The minimum atomic E-state index is -3.26. The van der Waals surface area contributed by atoms with Gasteiger partial charge in [-0.15, -0.1) is 23.7 Å². The zero-order valence-corrected chi connectivity index (χ0v) is 12.3. The average molecular weight is 297 g/mol. The van der Waals surface area contributed by atoms with Crippen LogP contribution in [0.3, 0.4) is 0 Å². The van der Waals surface area contributed by atoms with E-state index in [1.54, 1.807) is 10.4 Å². The molecule has 0 amide bonds. The van der Waals surface area contributed by atoms with Crippen molar-refractivity contribution < 1.29 is 8.42 Å². The van der Waals surface area contributed by atoms with Crippen molar-refractivity contribution in [3.8, 4) is 0 Å². The quantitative estimate of drug-likeness (QED) is 0.899. The van der Waals surface area contributed by atoms with Crippen molar-refractivity contribution in [2.24, 2.45) is 0 Å². The van der Waals surface area contributed by atoms with Crippen LogP contribution in [0.1, 0.15) is 11.8 Å². The van der Waals surface area contributed by atoms with Crippen molar-refractivity contribution in [1.82, 2.24) is 9.62 Å². The monoisotopic (exact) mass is 296 g/mol. The van der Waals surface area contributed by atoms with Crippen LogP contribution in [0.2, 0.25) is 0 Å². The van der Waals surface area contributed by atoms with Gasteiger partial charge in [-0.2, -0.15) is 4.31 Å². The Hall–Kier alpha value is -0.140. The molecule has 0 spiro atoms. The SMILES string of the molecule is Cc1ccc(S(=O)(=O)N2CCN[C@@H](C)C2)s1.Cl. The summed E-state index contributed by atoms with van der Waals surface area (Å²) in [6, 6.07) is 3.77. The molecule has 0 radical (unpaired) electrons. The average Bonchev–Trinajstić information content (AvgIpc) is 2.65. The van der Waals surface area contributed by atoms with E-state index in [2.05, 4.69) is 5.32 Å². The first-order chi connectivity index (χ1) is 7.50. The molecule has 7 heteroatoms. The minimum Gasteiger partial charge on any atom is -0.312 e. The van der Waals surface area contributed by atoms with Crippen LogP contribution in [-0.4, -0.2) is 38.4 Å². The molecular weight excluding hydrogens is 280 g/mol. The summed E-state index contributed by atoms with van der Waals surface area (Å²) in [5.74, 6) is 0. The number of hydrogen-bond donors (Lipinski definition) is 1. The fourth-order valence-corrected chi connectivity index (χ4v) is 4.76. The molecule has 2 rings (SSSR count). The van der Waals surface area contributed by atoms with Gasteiger partial charge in [-0.25, -0.2) is 8.42 Å². The second-order valence-electron chi connectivity index (χ2n) is 4.08. The van der Waals surface area contributed by atoms with Gasteiger partial charge in [-0.05, 0) is 26.0 Å². The third-order valence-corrected chi connectivity index (χ3v) is 5.97.